The number of hydrogen-bond donors (Lipinski definition) is 2. The van der Waals surface area contributed by atoms with Crippen LogP contribution in [0.15, 0.2) is 58.3 Å². The first-order chi connectivity index (χ1) is 16.9. The second-order valence-electron chi connectivity index (χ2n) is 8.65. The van der Waals surface area contributed by atoms with Gasteiger partial charge in [-0.05, 0) is 48.2 Å². The number of rotatable bonds is 8. The van der Waals surface area contributed by atoms with Gasteiger partial charge in [-0.15, -0.1) is 0 Å². The van der Waals surface area contributed by atoms with Crippen molar-refractivity contribution in [3.05, 3.63) is 75.8 Å². The van der Waals surface area contributed by atoms with Crippen molar-refractivity contribution in [3.8, 4) is 5.75 Å². The van der Waals surface area contributed by atoms with E-state index in [1.807, 2.05) is 28.8 Å². The highest BCUT2D eigenvalue weighted by Gasteiger charge is 2.52. The quantitative estimate of drug-likeness (QED) is 0.432. The molecule has 1 atom stereocenters. The second-order valence-corrected chi connectivity index (χ2v) is 10.6. The molecule has 1 fully saturated rings. The number of fused-ring (bicyclic) bond motifs is 1. The molecule has 2 amide bonds. The van der Waals surface area contributed by atoms with Gasteiger partial charge in [0, 0.05) is 23.3 Å². The molecule has 10 heteroatoms. The van der Waals surface area contributed by atoms with Crippen molar-refractivity contribution in [2.75, 3.05) is 19.4 Å². The highest BCUT2D eigenvalue weighted by Crippen LogP contribution is 2.51. The molecule has 1 aliphatic carbocycles. The van der Waals surface area contributed by atoms with Crippen molar-refractivity contribution in [2.24, 2.45) is 0 Å². The van der Waals surface area contributed by atoms with Gasteiger partial charge in [0.2, 0.25) is 5.91 Å². The van der Waals surface area contributed by atoms with Crippen LogP contribution in [-0.4, -0.2) is 40.8 Å². The molecule has 0 radical (unpaired) electrons. The van der Waals surface area contributed by atoms with Crippen LogP contribution in [-0.2, 0) is 16.8 Å². The van der Waals surface area contributed by atoms with Crippen molar-refractivity contribution >= 4 is 39.5 Å². The molecule has 2 aliphatic rings. The molecule has 2 aromatic carbocycles. The molecule has 1 unspecified atom stereocenters. The minimum Gasteiger partial charge on any atom is -0.497 e. The Bertz CT molecular complexity index is 1290. The summed E-state index contributed by atoms with van der Waals surface area (Å²) >= 11 is 5.04. The minimum atomic E-state index is -0.725. The number of ether oxygens (including phenoxy) is 1. The van der Waals surface area contributed by atoms with Gasteiger partial charge in [-0.1, -0.05) is 45.9 Å². The van der Waals surface area contributed by atoms with Crippen LogP contribution in [0, 0.1) is 5.82 Å². The Kier molecular flexibility index (Phi) is 6.59. The number of imidazole rings is 1. The lowest BCUT2D eigenvalue weighted by Crippen LogP contribution is -2.42. The van der Waals surface area contributed by atoms with Gasteiger partial charge in [-0.25, -0.2) is 9.37 Å². The van der Waals surface area contributed by atoms with Gasteiger partial charge in [0.1, 0.15) is 17.3 Å². The summed E-state index contributed by atoms with van der Waals surface area (Å²) in [7, 11) is 1.58. The summed E-state index contributed by atoms with van der Waals surface area (Å²) in [6, 6.07) is 11.3. The molecule has 1 aliphatic heterocycles. The van der Waals surface area contributed by atoms with E-state index in [0.717, 1.165) is 28.6 Å². The van der Waals surface area contributed by atoms with Crippen LogP contribution in [0.3, 0.4) is 0 Å². The number of amides is 2. The lowest BCUT2D eigenvalue weighted by atomic mass is 9.94. The Balaban J connectivity index is 1.37. The maximum Gasteiger partial charge on any atom is 0.269 e. The van der Waals surface area contributed by atoms with Gasteiger partial charge < -0.3 is 19.9 Å². The standard InChI is InChI=1S/C25H24BrFN4O3S/c1-34-17-4-2-3-15(11-17)20(13-28-22(32)21-14-29-24-31(21)9-10-35-24)30-23(33)25(7-8-25)18-6-5-16(27)12-19(18)26/h2-6,11-12,14,20H,7-10,13H2,1H3,(H,28,32)(H,30,33). The molecule has 5 rings (SSSR count). The molecular weight excluding hydrogens is 535 g/mol. The molecule has 182 valence electrons. The van der Waals surface area contributed by atoms with Gasteiger partial charge in [0.15, 0.2) is 5.16 Å². The average molecular weight is 559 g/mol. The first kappa shape index (κ1) is 23.9. The number of nitrogens with zero attached hydrogens (tertiary/aromatic N) is 2. The van der Waals surface area contributed by atoms with Gasteiger partial charge in [-0.3, -0.25) is 9.59 Å². The Morgan fingerprint density at radius 3 is 2.86 bits per heavy atom. The zero-order chi connectivity index (χ0) is 24.6. The van der Waals surface area contributed by atoms with Crippen LogP contribution < -0.4 is 15.4 Å². The molecule has 2 N–H and O–H groups in total. The number of aromatic nitrogens is 2. The fraction of sp³-hybridized carbons (Fsp3) is 0.320. The predicted octanol–water partition coefficient (Wildman–Crippen LogP) is 4.22. The average Bonchev–Trinajstić information content (AvgIpc) is 3.35. The minimum absolute atomic E-state index is 0.159. The van der Waals surface area contributed by atoms with E-state index in [1.165, 1.54) is 12.1 Å². The summed E-state index contributed by atoms with van der Waals surface area (Å²) in [4.78, 5) is 30.8. The topological polar surface area (TPSA) is 85.2 Å². The Morgan fingerprint density at radius 2 is 2.11 bits per heavy atom. The van der Waals surface area contributed by atoms with E-state index in [4.69, 9.17) is 4.74 Å². The Morgan fingerprint density at radius 1 is 1.29 bits per heavy atom. The van der Waals surface area contributed by atoms with Crippen LogP contribution in [0.25, 0.3) is 0 Å². The van der Waals surface area contributed by atoms with Crippen molar-refractivity contribution in [2.45, 2.75) is 36.0 Å². The Hall–Kier alpha value is -2.85. The monoisotopic (exact) mass is 558 g/mol. The molecular formula is C25H24BrFN4O3S. The second kappa shape index (κ2) is 9.66. The third-order valence-corrected chi connectivity index (χ3v) is 8.12. The zero-order valence-electron chi connectivity index (χ0n) is 19.0. The highest BCUT2D eigenvalue weighted by molar-refractivity contribution is 9.10. The first-order valence-corrected chi connectivity index (χ1v) is 13.1. The number of halogens is 2. The molecule has 3 aromatic rings. The lowest BCUT2D eigenvalue weighted by Gasteiger charge is -2.24. The van der Waals surface area contributed by atoms with Crippen LogP contribution in [0.2, 0.25) is 0 Å². The van der Waals surface area contributed by atoms with E-state index in [2.05, 4.69) is 31.5 Å². The largest absolute Gasteiger partial charge is 0.497 e. The Labute approximate surface area is 215 Å². The molecule has 1 saturated carbocycles. The zero-order valence-corrected chi connectivity index (χ0v) is 21.4. The maximum absolute atomic E-state index is 13.6. The summed E-state index contributed by atoms with van der Waals surface area (Å²) in [5.41, 5.74) is 1.35. The van der Waals surface area contributed by atoms with E-state index >= 15 is 0 Å². The van der Waals surface area contributed by atoms with Crippen LogP contribution in [0.5, 0.6) is 5.75 Å². The van der Waals surface area contributed by atoms with Crippen molar-refractivity contribution in [3.63, 3.8) is 0 Å². The summed E-state index contributed by atoms with van der Waals surface area (Å²) < 4.78 is 21.5. The van der Waals surface area contributed by atoms with E-state index in [9.17, 15) is 14.0 Å². The molecule has 2 heterocycles. The van der Waals surface area contributed by atoms with Crippen molar-refractivity contribution in [1.29, 1.82) is 0 Å². The van der Waals surface area contributed by atoms with E-state index in [1.54, 1.807) is 31.1 Å². The number of benzene rings is 2. The maximum atomic E-state index is 13.6. The molecule has 35 heavy (non-hydrogen) atoms. The first-order valence-electron chi connectivity index (χ1n) is 11.3. The molecule has 0 bridgehead atoms. The lowest BCUT2D eigenvalue weighted by molar-refractivity contribution is -0.124. The number of methoxy groups -OCH3 is 1. The van der Waals surface area contributed by atoms with Crippen molar-refractivity contribution in [1.82, 2.24) is 20.2 Å². The number of carbonyl (C=O) groups is 2. The van der Waals surface area contributed by atoms with Gasteiger partial charge in [0.05, 0.1) is 24.8 Å². The smallest absolute Gasteiger partial charge is 0.269 e. The van der Waals surface area contributed by atoms with Crippen LogP contribution >= 0.6 is 27.7 Å². The van der Waals surface area contributed by atoms with Gasteiger partial charge in [0.25, 0.3) is 5.91 Å². The summed E-state index contributed by atoms with van der Waals surface area (Å²) in [5.74, 6) is 0.788. The summed E-state index contributed by atoms with van der Waals surface area (Å²) in [6.07, 6.45) is 2.92. The predicted molar refractivity (Wildman–Crippen MR) is 134 cm³/mol. The number of hydrogen-bond acceptors (Lipinski definition) is 5. The number of nitrogens with one attached hydrogen (secondary N) is 2. The summed E-state index contributed by atoms with van der Waals surface area (Å²) in [6.45, 7) is 0.930. The van der Waals surface area contributed by atoms with E-state index in [0.29, 0.717) is 28.8 Å². The third-order valence-electron chi connectivity index (χ3n) is 6.50. The van der Waals surface area contributed by atoms with Crippen molar-refractivity contribution < 1.29 is 18.7 Å². The number of thioether (sulfide) groups is 1. The fourth-order valence-electron chi connectivity index (χ4n) is 4.41. The SMILES string of the molecule is COc1cccc(C(CNC(=O)c2cnc3n2CCS3)NC(=O)C2(c3ccc(F)cc3Br)CC2)c1. The van der Waals surface area contributed by atoms with Crippen LogP contribution in [0.1, 0.15) is 40.5 Å². The summed E-state index contributed by atoms with van der Waals surface area (Å²) in [5, 5.41) is 6.93. The molecule has 0 spiro atoms. The van der Waals surface area contributed by atoms with Crippen LogP contribution in [0.4, 0.5) is 4.39 Å². The molecule has 1 aromatic heterocycles. The molecule has 0 saturated heterocycles. The highest BCUT2D eigenvalue weighted by atomic mass is 79.9. The van der Waals surface area contributed by atoms with E-state index < -0.39 is 11.5 Å². The third kappa shape index (κ3) is 4.69. The molecule has 7 nitrogen and oxygen atoms in total. The van der Waals surface area contributed by atoms with E-state index in [-0.39, 0.29) is 24.2 Å². The normalized spacial score (nSPS) is 16.3. The van der Waals surface area contributed by atoms with Gasteiger partial charge >= 0.3 is 0 Å². The fourth-order valence-corrected chi connectivity index (χ4v) is 6.07. The number of carbonyl (C=O) groups excluding carboxylic acids is 2. The van der Waals surface area contributed by atoms with Gasteiger partial charge in [-0.2, -0.15) is 0 Å².